The van der Waals surface area contributed by atoms with E-state index in [2.05, 4.69) is 4.74 Å². The number of rotatable bonds is 3. The second kappa shape index (κ2) is 6.80. The molecule has 5 heteroatoms. The van der Waals surface area contributed by atoms with E-state index in [0.717, 1.165) is 0 Å². The first-order valence-corrected chi connectivity index (χ1v) is 2.65. The van der Waals surface area contributed by atoms with Crippen LogP contribution >= 0.6 is 12.4 Å². The van der Waals surface area contributed by atoms with Gasteiger partial charge in [-0.3, -0.25) is 4.79 Å². The Bertz CT molecular complexity index is 98.9. The normalized spacial score (nSPS) is 11.5. The van der Waals surface area contributed by atoms with Gasteiger partial charge in [-0.25, -0.2) is 0 Å². The number of aliphatic hydroxyl groups is 1. The molecule has 0 amide bonds. The molecule has 1 atom stereocenters. The van der Waals surface area contributed by atoms with Gasteiger partial charge in [0.05, 0.1) is 19.6 Å². The molecule has 0 aliphatic heterocycles. The molecule has 0 fully saturated rings. The highest BCUT2D eigenvalue weighted by atomic mass is 35.5. The van der Waals surface area contributed by atoms with Gasteiger partial charge in [0, 0.05) is 6.54 Å². The lowest BCUT2D eigenvalue weighted by Gasteiger charge is -2.03. The summed E-state index contributed by atoms with van der Waals surface area (Å²) in [6, 6.07) is 0. The van der Waals surface area contributed by atoms with Crippen LogP contribution in [0.3, 0.4) is 0 Å². The molecule has 0 rings (SSSR count). The zero-order chi connectivity index (χ0) is 7.28. The van der Waals surface area contributed by atoms with Gasteiger partial charge in [0.2, 0.25) is 0 Å². The van der Waals surface area contributed by atoms with E-state index in [1.54, 1.807) is 0 Å². The van der Waals surface area contributed by atoms with Gasteiger partial charge in [0.1, 0.15) is 0 Å². The van der Waals surface area contributed by atoms with Crippen LogP contribution in [-0.4, -0.2) is 30.8 Å². The van der Waals surface area contributed by atoms with Crippen molar-refractivity contribution in [1.82, 2.24) is 0 Å². The predicted octanol–water partition coefficient (Wildman–Crippen LogP) is -0.709. The number of hydrogen-bond donors (Lipinski definition) is 2. The van der Waals surface area contributed by atoms with E-state index in [-0.39, 0.29) is 25.4 Å². The van der Waals surface area contributed by atoms with Crippen molar-refractivity contribution in [1.29, 1.82) is 0 Å². The minimum Gasteiger partial charge on any atom is -0.469 e. The molecule has 0 aliphatic carbocycles. The molecule has 0 radical (unpaired) electrons. The van der Waals surface area contributed by atoms with Crippen molar-refractivity contribution in [2.75, 3.05) is 13.7 Å². The average Bonchev–Trinajstić information content (AvgIpc) is 1.87. The Morgan fingerprint density at radius 3 is 2.60 bits per heavy atom. The van der Waals surface area contributed by atoms with Crippen LogP contribution in [0.2, 0.25) is 0 Å². The highest BCUT2D eigenvalue weighted by Crippen LogP contribution is 1.89. The van der Waals surface area contributed by atoms with Crippen LogP contribution in [-0.2, 0) is 9.53 Å². The molecule has 0 bridgehead atoms. The maximum atomic E-state index is 10.3. The predicted molar refractivity (Wildman–Crippen MR) is 38.9 cm³/mol. The summed E-state index contributed by atoms with van der Waals surface area (Å²) in [5.41, 5.74) is 5.02. The molecule has 4 nitrogen and oxygen atoms in total. The molecular formula is C5H12ClNO3. The summed E-state index contributed by atoms with van der Waals surface area (Å²) >= 11 is 0. The third-order valence-electron chi connectivity index (χ3n) is 0.902. The third-order valence-corrected chi connectivity index (χ3v) is 0.902. The first kappa shape index (κ1) is 12.4. The smallest absolute Gasteiger partial charge is 0.308 e. The Hall–Kier alpha value is -0.320. The molecule has 0 saturated heterocycles. The summed E-state index contributed by atoms with van der Waals surface area (Å²) < 4.78 is 4.27. The first-order valence-electron chi connectivity index (χ1n) is 2.65. The van der Waals surface area contributed by atoms with E-state index in [1.165, 1.54) is 7.11 Å². The highest BCUT2D eigenvalue weighted by Gasteiger charge is 2.07. The number of hydrogen-bond acceptors (Lipinski definition) is 4. The van der Waals surface area contributed by atoms with Crippen LogP contribution in [0.15, 0.2) is 0 Å². The minimum absolute atomic E-state index is 0. The second-order valence-electron chi connectivity index (χ2n) is 1.67. The quantitative estimate of drug-likeness (QED) is 0.548. The van der Waals surface area contributed by atoms with Crippen molar-refractivity contribution < 1.29 is 14.6 Å². The molecule has 0 heterocycles. The number of halogens is 1. The molecule has 1 unspecified atom stereocenters. The maximum absolute atomic E-state index is 10.3. The Balaban J connectivity index is 0. The largest absolute Gasteiger partial charge is 0.469 e. The van der Waals surface area contributed by atoms with E-state index in [9.17, 15) is 4.79 Å². The molecule has 0 saturated carbocycles. The summed E-state index contributed by atoms with van der Waals surface area (Å²) in [4.78, 5) is 10.3. The Morgan fingerprint density at radius 2 is 2.30 bits per heavy atom. The summed E-state index contributed by atoms with van der Waals surface area (Å²) in [7, 11) is 1.27. The second-order valence-corrected chi connectivity index (χ2v) is 1.67. The lowest BCUT2D eigenvalue weighted by Crippen LogP contribution is -2.23. The monoisotopic (exact) mass is 169 g/mol. The number of esters is 1. The van der Waals surface area contributed by atoms with Gasteiger partial charge in [0.25, 0.3) is 0 Å². The van der Waals surface area contributed by atoms with E-state index < -0.39 is 12.1 Å². The maximum Gasteiger partial charge on any atom is 0.308 e. The van der Waals surface area contributed by atoms with Crippen LogP contribution in [0.4, 0.5) is 0 Å². The van der Waals surface area contributed by atoms with Crippen molar-refractivity contribution >= 4 is 18.4 Å². The molecule has 0 aromatic rings. The fourth-order valence-electron chi connectivity index (χ4n) is 0.359. The van der Waals surface area contributed by atoms with Crippen molar-refractivity contribution in [2.45, 2.75) is 12.5 Å². The summed E-state index contributed by atoms with van der Waals surface area (Å²) in [6.07, 6.45) is -0.787. The van der Waals surface area contributed by atoms with E-state index in [4.69, 9.17) is 10.8 Å². The Labute approximate surface area is 65.8 Å². The Kier molecular flexibility index (Phi) is 8.40. The zero-order valence-electron chi connectivity index (χ0n) is 5.74. The molecule has 10 heavy (non-hydrogen) atoms. The standard InChI is InChI=1S/C5H11NO3.ClH/c1-9-5(8)2-4(7)3-6;/h4,7H,2-3,6H2,1H3;1H. The van der Waals surface area contributed by atoms with Gasteiger partial charge in [0.15, 0.2) is 0 Å². The van der Waals surface area contributed by atoms with Gasteiger partial charge in [-0.2, -0.15) is 0 Å². The van der Waals surface area contributed by atoms with Gasteiger partial charge < -0.3 is 15.6 Å². The number of methoxy groups -OCH3 is 1. The first-order chi connectivity index (χ1) is 4.20. The average molecular weight is 170 g/mol. The van der Waals surface area contributed by atoms with Crippen LogP contribution < -0.4 is 5.73 Å². The number of carbonyl (C=O) groups is 1. The number of aliphatic hydroxyl groups excluding tert-OH is 1. The molecular weight excluding hydrogens is 158 g/mol. The summed E-state index contributed by atoms with van der Waals surface area (Å²) in [6.45, 7) is 0.0924. The van der Waals surface area contributed by atoms with Crippen LogP contribution in [0.5, 0.6) is 0 Å². The Morgan fingerprint density at radius 1 is 1.80 bits per heavy atom. The summed E-state index contributed by atoms with van der Waals surface area (Å²) in [5, 5.41) is 8.73. The lowest BCUT2D eigenvalue weighted by molar-refractivity contribution is -0.142. The van der Waals surface area contributed by atoms with E-state index in [1.807, 2.05) is 0 Å². The van der Waals surface area contributed by atoms with Gasteiger partial charge in [-0.05, 0) is 0 Å². The van der Waals surface area contributed by atoms with Gasteiger partial charge in [-0.15, -0.1) is 12.4 Å². The molecule has 0 aromatic heterocycles. The number of nitrogens with two attached hydrogens (primary N) is 1. The van der Waals surface area contributed by atoms with E-state index in [0.29, 0.717) is 0 Å². The summed E-state index contributed by atoms with van der Waals surface area (Å²) in [5.74, 6) is -0.437. The van der Waals surface area contributed by atoms with Crippen molar-refractivity contribution in [3.63, 3.8) is 0 Å². The van der Waals surface area contributed by atoms with E-state index >= 15 is 0 Å². The third kappa shape index (κ3) is 5.81. The fraction of sp³-hybridized carbons (Fsp3) is 0.800. The van der Waals surface area contributed by atoms with Crippen LogP contribution in [0.1, 0.15) is 6.42 Å². The van der Waals surface area contributed by atoms with Gasteiger partial charge in [-0.1, -0.05) is 0 Å². The molecule has 0 spiro atoms. The molecule has 0 aromatic carbocycles. The fourth-order valence-corrected chi connectivity index (χ4v) is 0.359. The topological polar surface area (TPSA) is 72.5 Å². The molecule has 3 N–H and O–H groups in total. The highest BCUT2D eigenvalue weighted by molar-refractivity contribution is 5.85. The minimum atomic E-state index is -0.766. The molecule has 62 valence electrons. The molecule has 0 aliphatic rings. The SMILES string of the molecule is COC(=O)CC(O)CN.Cl. The van der Waals surface area contributed by atoms with Crippen LogP contribution in [0, 0.1) is 0 Å². The van der Waals surface area contributed by atoms with Gasteiger partial charge >= 0.3 is 5.97 Å². The number of ether oxygens (including phenoxy) is 1. The van der Waals surface area contributed by atoms with Crippen molar-refractivity contribution in [3.05, 3.63) is 0 Å². The van der Waals surface area contributed by atoms with Crippen molar-refractivity contribution in [3.8, 4) is 0 Å². The lowest BCUT2D eigenvalue weighted by atomic mass is 10.2. The van der Waals surface area contributed by atoms with Crippen LogP contribution in [0.25, 0.3) is 0 Å². The van der Waals surface area contributed by atoms with Crippen molar-refractivity contribution in [2.24, 2.45) is 5.73 Å². The number of carbonyl (C=O) groups excluding carboxylic acids is 1. The zero-order valence-corrected chi connectivity index (χ0v) is 6.56.